The van der Waals surface area contributed by atoms with Gasteiger partial charge >= 0.3 is 0 Å². The van der Waals surface area contributed by atoms with Crippen molar-refractivity contribution in [2.24, 2.45) is 0 Å². The van der Waals surface area contributed by atoms with Gasteiger partial charge < -0.3 is 9.64 Å². The Kier molecular flexibility index (Phi) is 6.38. The molecule has 0 aliphatic carbocycles. The molecular weight excluding hydrogens is 394 g/mol. The molecule has 2 aromatic rings. The highest BCUT2D eigenvalue weighted by atomic mass is 35.5. The summed E-state index contributed by atoms with van der Waals surface area (Å²) in [6.45, 7) is 5.00. The molecule has 2 aliphatic rings. The molecule has 2 fully saturated rings. The molecule has 2 aliphatic heterocycles. The lowest BCUT2D eigenvalue weighted by atomic mass is 9.96. The number of ether oxygens (including phenoxy) is 1. The van der Waals surface area contributed by atoms with Crippen LogP contribution in [0.15, 0.2) is 42.5 Å². The van der Waals surface area contributed by atoms with Gasteiger partial charge in [0.25, 0.3) is 0 Å². The van der Waals surface area contributed by atoms with Crippen LogP contribution in [0.25, 0.3) is 0 Å². The SMILES string of the molecule is C[C@H]1CN(C2CCN(c3c(F)cccc3F)CC2)[C@@H](Cc2ccc(Cl)cc2)CO1. The highest BCUT2D eigenvalue weighted by molar-refractivity contribution is 6.30. The van der Waals surface area contributed by atoms with Crippen LogP contribution in [0.4, 0.5) is 14.5 Å². The van der Waals surface area contributed by atoms with Gasteiger partial charge in [0.15, 0.2) is 0 Å². The van der Waals surface area contributed by atoms with Crippen LogP contribution in [0.5, 0.6) is 0 Å². The Balaban J connectivity index is 1.44. The molecule has 3 nitrogen and oxygen atoms in total. The van der Waals surface area contributed by atoms with Crippen molar-refractivity contribution in [2.45, 2.75) is 44.4 Å². The number of nitrogens with zero attached hydrogens (tertiary/aromatic N) is 2. The van der Waals surface area contributed by atoms with Crippen molar-refractivity contribution in [3.63, 3.8) is 0 Å². The van der Waals surface area contributed by atoms with Crippen LogP contribution in [0, 0.1) is 11.6 Å². The molecule has 0 radical (unpaired) electrons. The normalized spacial score (nSPS) is 24.1. The first-order valence-electron chi connectivity index (χ1n) is 10.3. The van der Waals surface area contributed by atoms with Gasteiger partial charge in [0.2, 0.25) is 0 Å². The van der Waals surface area contributed by atoms with Crippen LogP contribution < -0.4 is 4.90 Å². The fourth-order valence-electron chi connectivity index (χ4n) is 4.60. The lowest BCUT2D eigenvalue weighted by Crippen LogP contribution is -2.56. The molecule has 29 heavy (non-hydrogen) atoms. The summed E-state index contributed by atoms with van der Waals surface area (Å²) in [6, 6.07) is 12.8. The van der Waals surface area contributed by atoms with E-state index < -0.39 is 11.6 Å². The highest BCUT2D eigenvalue weighted by Crippen LogP contribution is 2.30. The Bertz CT molecular complexity index is 804. The summed E-state index contributed by atoms with van der Waals surface area (Å²) in [7, 11) is 0. The van der Waals surface area contributed by atoms with Crippen LogP contribution >= 0.6 is 11.6 Å². The molecule has 2 saturated heterocycles. The Morgan fingerprint density at radius 3 is 2.34 bits per heavy atom. The minimum Gasteiger partial charge on any atom is -0.376 e. The molecular formula is C23H27ClF2N2O. The monoisotopic (exact) mass is 420 g/mol. The Labute approximate surface area is 176 Å². The van der Waals surface area contributed by atoms with Crippen molar-refractivity contribution >= 4 is 17.3 Å². The summed E-state index contributed by atoms with van der Waals surface area (Å²) in [6.07, 6.45) is 2.87. The molecule has 0 N–H and O–H groups in total. The summed E-state index contributed by atoms with van der Waals surface area (Å²) < 4.78 is 34.3. The zero-order chi connectivity index (χ0) is 20.4. The Morgan fingerprint density at radius 2 is 1.69 bits per heavy atom. The van der Waals surface area contributed by atoms with Gasteiger partial charge in [-0.3, -0.25) is 4.90 Å². The fraction of sp³-hybridized carbons (Fsp3) is 0.478. The molecule has 0 bridgehead atoms. The number of hydrogen-bond donors (Lipinski definition) is 0. The smallest absolute Gasteiger partial charge is 0.149 e. The molecule has 2 atom stereocenters. The van der Waals surface area contributed by atoms with Crippen LogP contribution in [-0.4, -0.2) is 49.3 Å². The summed E-state index contributed by atoms with van der Waals surface area (Å²) in [5, 5.41) is 0.742. The van der Waals surface area contributed by atoms with Gasteiger partial charge in [-0.05, 0) is 56.0 Å². The van der Waals surface area contributed by atoms with Crippen molar-refractivity contribution in [2.75, 3.05) is 31.1 Å². The average molecular weight is 421 g/mol. The molecule has 0 spiro atoms. The molecule has 0 saturated carbocycles. The predicted octanol–water partition coefficient (Wildman–Crippen LogP) is 4.92. The van der Waals surface area contributed by atoms with E-state index in [0.717, 1.165) is 30.8 Å². The van der Waals surface area contributed by atoms with E-state index in [1.807, 2.05) is 17.0 Å². The Hall–Kier alpha value is -1.69. The van der Waals surface area contributed by atoms with E-state index in [1.165, 1.54) is 23.8 Å². The van der Waals surface area contributed by atoms with E-state index in [2.05, 4.69) is 24.0 Å². The van der Waals surface area contributed by atoms with Crippen LogP contribution in [0.1, 0.15) is 25.3 Å². The van der Waals surface area contributed by atoms with Crippen LogP contribution in [0.3, 0.4) is 0 Å². The molecule has 6 heteroatoms. The lowest BCUT2D eigenvalue weighted by Gasteiger charge is -2.46. The zero-order valence-electron chi connectivity index (χ0n) is 16.7. The fourth-order valence-corrected chi connectivity index (χ4v) is 4.72. The van der Waals surface area contributed by atoms with Crippen LogP contribution in [0.2, 0.25) is 5.02 Å². The van der Waals surface area contributed by atoms with Gasteiger partial charge in [-0.15, -0.1) is 0 Å². The molecule has 2 heterocycles. The molecule has 2 aromatic carbocycles. The van der Waals surface area contributed by atoms with Crippen LogP contribution in [-0.2, 0) is 11.2 Å². The standard InChI is InChI=1S/C23H27ClF2N2O/c1-16-14-28(20(15-29-16)13-17-5-7-18(24)8-6-17)19-9-11-27(12-10-19)23-21(25)3-2-4-22(23)26/h2-8,16,19-20H,9-15H2,1H3/t16-,20-/m0/s1. The third kappa shape index (κ3) is 4.73. The first kappa shape index (κ1) is 20.6. The molecule has 156 valence electrons. The first-order valence-corrected chi connectivity index (χ1v) is 10.7. The third-order valence-corrected chi connectivity index (χ3v) is 6.33. The van der Waals surface area contributed by atoms with Gasteiger partial charge in [-0.25, -0.2) is 8.78 Å². The zero-order valence-corrected chi connectivity index (χ0v) is 17.4. The third-order valence-electron chi connectivity index (χ3n) is 6.08. The number of para-hydroxylation sites is 1. The summed E-state index contributed by atoms with van der Waals surface area (Å²) >= 11 is 6.02. The molecule has 4 rings (SSSR count). The van der Waals surface area contributed by atoms with E-state index in [9.17, 15) is 8.78 Å². The first-order chi connectivity index (χ1) is 14.0. The quantitative estimate of drug-likeness (QED) is 0.698. The molecule has 0 unspecified atom stereocenters. The number of anilines is 1. The van der Waals surface area contributed by atoms with E-state index in [4.69, 9.17) is 16.3 Å². The van der Waals surface area contributed by atoms with Crippen molar-refractivity contribution in [3.8, 4) is 0 Å². The molecule has 0 aromatic heterocycles. The summed E-state index contributed by atoms with van der Waals surface area (Å²) in [4.78, 5) is 4.40. The van der Waals surface area contributed by atoms with Crippen molar-refractivity contribution in [3.05, 3.63) is 64.7 Å². The maximum Gasteiger partial charge on any atom is 0.149 e. The van der Waals surface area contributed by atoms with Crippen molar-refractivity contribution < 1.29 is 13.5 Å². The lowest BCUT2D eigenvalue weighted by molar-refractivity contribution is -0.0745. The number of halogens is 3. The van der Waals surface area contributed by atoms with E-state index in [1.54, 1.807) is 0 Å². The van der Waals surface area contributed by atoms with Gasteiger partial charge in [0.05, 0.1) is 12.7 Å². The maximum absolute atomic E-state index is 14.2. The topological polar surface area (TPSA) is 15.7 Å². The van der Waals surface area contributed by atoms with Gasteiger partial charge in [-0.2, -0.15) is 0 Å². The number of piperidine rings is 1. The van der Waals surface area contributed by atoms with E-state index in [-0.39, 0.29) is 11.8 Å². The number of morpholine rings is 1. The summed E-state index contributed by atoms with van der Waals surface area (Å²) in [5.41, 5.74) is 1.35. The summed E-state index contributed by atoms with van der Waals surface area (Å²) in [5.74, 6) is -0.965. The van der Waals surface area contributed by atoms with E-state index in [0.29, 0.717) is 31.8 Å². The number of rotatable bonds is 4. The number of benzene rings is 2. The van der Waals surface area contributed by atoms with Crippen molar-refractivity contribution in [1.82, 2.24) is 4.90 Å². The highest BCUT2D eigenvalue weighted by Gasteiger charge is 2.34. The second-order valence-corrected chi connectivity index (χ2v) is 8.55. The molecule has 0 amide bonds. The predicted molar refractivity (Wildman–Crippen MR) is 113 cm³/mol. The van der Waals surface area contributed by atoms with Gasteiger partial charge in [0.1, 0.15) is 17.3 Å². The Morgan fingerprint density at radius 1 is 1.03 bits per heavy atom. The van der Waals surface area contributed by atoms with Gasteiger partial charge in [0, 0.05) is 36.7 Å². The minimum atomic E-state index is -0.482. The number of hydrogen-bond acceptors (Lipinski definition) is 3. The average Bonchev–Trinajstić information content (AvgIpc) is 2.71. The second-order valence-electron chi connectivity index (χ2n) is 8.11. The minimum absolute atomic E-state index is 0.110. The maximum atomic E-state index is 14.2. The van der Waals surface area contributed by atoms with Gasteiger partial charge in [-0.1, -0.05) is 29.8 Å². The van der Waals surface area contributed by atoms with Crippen molar-refractivity contribution in [1.29, 1.82) is 0 Å². The van der Waals surface area contributed by atoms with E-state index >= 15 is 0 Å². The largest absolute Gasteiger partial charge is 0.376 e. The second kappa shape index (κ2) is 8.99.